The Hall–Kier alpha value is -0.590. The maximum absolute atomic E-state index is 12.0. The van der Waals surface area contributed by atoms with Gasteiger partial charge in [-0.15, -0.1) is 0 Å². The highest BCUT2D eigenvalue weighted by molar-refractivity contribution is 5.83. The summed E-state index contributed by atoms with van der Waals surface area (Å²) >= 11 is 0. The molecule has 2 aliphatic rings. The molecule has 0 saturated carbocycles. The minimum absolute atomic E-state index is 0.118. The van der Waals surface area contributed by atoms with Crippen molar-refractivity contribution in [2.24, 2.45) is 16.7 Å². The molecule has 0 spiro atoms. The third kappa shape index (κ3) is 1.98. The molecule has 0 bridgehead atoms. The minimum Gasteiger partial charge on any atom is -0.299 e. The molecule has 0 radical (unpaired) electrons. The molecule has 1 heteroatoms. The van der Waals surface area contributed by atoms with Crippen molar-refractivity contribution in [3.63, 3.8) is 0 Å². The fourth-order valence-corrected chi connectivity index (χ4v) is 3.72. The molecule has 2 atom stereocenters. The molecule has 96 valence electrons. The highest BCUT2D eigenvalue weighted by Gasteiger charge is 2.45. The number of Topliss-reactive ketones (excluding diaryl/α,β-unsaturated/α-hetero) is 1. The molecule has 0 aromatic carbocycles. The SMILES string of the molecule is CC(=O)[C@]1(C)CC2=C(CCCC2(C)C)C[C@H]1C. The Kier molecular flexibility index (Phi) is 3.00. The summed E-state index contributed by atoms with van der Waals surface area (Å²) in [4.78, 5) is 12.0. The van der Waals surface area contributed by atoms with Gasteiger partial charge >= 0.3 is 0 Å². The third-order valence-corrected chi connectivity index (χ3v) is 5.51. The number of carbonyl (C=O) groups is 1. The zero-order chi connectivity index (χ0) is 12.8. The molecule has 2 aliphatic carbocycles. The van der Waals surface area contributed by atoms with Crippen molar-refractivity contribution in [3.8, 4) is 0 Å². The van der Waals surface area contributed by atoms with Crippen LogP contribution in [0.5, 0.6) is 0 Å². The molecule has 0 heterocycles. The van der Waals surface area contributed by atoms with Gasteiger partial charge < -0.3 is 0 Å². The van der Waals surface area contributed by atoms with E-state index < -0.39 is 0 Å². The summed E-state index contributed by atoms with van der Waals surface area (Å²) in [5.41, 5.74) is 3.49. The van der Waals surface area contributed by atoms with Crippen LogP contribution in [0.15, 0.2) is 11.1 Å². The molecule has 0 amide bonds. The van der Waals surface area contributed by atoms with Crippen molar-refractivity contribution >= 4 is 5.78 Å². The van der Waals surface area contributed by atoms with Crippen LogP contribution >= 0.6 is 0 Å². The predicted octanol–water partition coefficient (Wildman–Crippen LogP) is 4.52. The van der Waals surface area contributed by atoms with Gasteiger partial charge in [-0.3, -0.25) is 4.79 Å². The van der Waals surface area contributed by atoms with E-state index in [9.17, 15) is 4.79 Å². The van der Waals surface area contributed by atoms with E-state index >= 15 is 0 Å². The Morgan fingerprint density at radius 2 is 1.94 bits per heavy atom. The minimum atomic E-state index is -0.118. The quantitative estimate of drug-likeness (QED) is 0.610. The molecular weight excluding hydrogens is 208 g/mol. The lowest BCUT2D eigenvalue weighted by Crippen LogP contribution is -2.40. The molecule has 0 N–H and O–H groups in total. The van der Waals surface area contributed by atoms with E-state index in [2.05, 4.69) is 27.7 Å². The maximum atomic E-state index is 12.0. The summed E-state index contributed by atoms with van der Waals surface area (Å²) in [7, 11) is 0. The molecule has 0 aromatic rings. The Morgan fingerprint density at radius 3 is 2.53 bits per heavy atom. The van der Waals surface area contributed by atoms with E-state index in [0.29, 0.717) is 17.1 Å². The van der Waals surface area contributed by atoms with Crippen LogP contribution in [0.2, 0.25) is 0 Å². The molecule has 0 aliphatic heterocycles. The van der Waals surface area contributed by atoms with Crippen molar-refractivity contribution in [3.05, 3.63) is 11.1 Å². The molecule has 2 rings (SSSR count). The first-order chi connectivity index (χ1) is 7.77. The van der Waals surface area contributed by atoms with E-state index in [0.717, 1.165) is 12.8 Å². The summed E-state index contributed by atoms with van der Waals surface area (Å²) in [6.45, 7) is 10.9. The second kappa shape index (κ2) is 3.96. The van der Waals surface area contributed by atoms with Crippen LogP contribution < -0.4 is 0 Å². The summed E-state index contributed by atoms with van der Waals surface area (Å²) in [6.07, 6.45) is 6.04. The van der Waals surface area contributed by atoms with E-state index in [1.165, 1.54) is 19.3 Å². The Labute approximate surface area is 106 Å². The first kappa shape index (κ1) is 12.9. The summed E-state index contributed by atoms with van der Waals surface area (Å²) < 4.78 is 0. The number of rotatable bonds is 1. The van der Waals surface area contributed by atoms with E-state index in [1.807, 2.05) is 0 Å². The number of ketones is 1. The highest BCUT2D eigenvalue weighted by atomic mass is 16.1. The van der Waals surface area contributed by atoms with Gasteiger partial charge in [0.15, 0.2) is 0 Å². The van der Waals surface area contributed by atoms with Gasteiger partial charge in [0.25, 0.3) is 0 Å². The van der Waals surface area contributed by atoms with Crippen LogP contribution in [0.1, 0.15) is 66.7 Å². The van der Waals surface area contributed by atoms with E-state index in [1.54, 1.807) is 18.1 Å². The zero-order valence-electron chi connectivity index (χ0n) is 12.0. The van der Waals surface area contributed by atoms with Gasteiger partial charge in [-0.1, -0.05) is 38.8 Å². The van der Waals surface area contributed by atoms with Crippen LogP contribution in [0, 0.1) is 16.7 Å². The molecule has 17 heavy (non-hydrogen) atoms. The van der Waals surface area contributed by atoms with Crippen LogP contribution in [-0.4, -0.2) is 5.78 Å². The van der Waals surface area contributed by atoms with E-state index in [4.69, 9.17) is 0 Å². The van der Waals surface area contributed by atoms with Crippen molar-refractivity contribution < 1.29 is 4.79 Å². The van der Waals surface area contributed by atoms with Crippen LogP contribution in [0.25, 0.3) is 0 Å². The van der Waals surface area contributed by atoms with Gasteiger partial charge in [-0.2, -0.15) is 0 Å². The molecule has 0 aromatic heterocycles. The van der Waals surface area contributed by atoms with Crippen LogP contribution in [-0.2, 0) is 4.79 Å². The van der Waals surface area contributed by atoms with Crippen LogP contribution in [0.4, 0.5) is 0 Å². The molecule has 0 fully saturated rings. The van der Waals surface area contributed by atoms with Gasteiger partial charge in [0.1, 0.15) is 5.78 Å². The van der Waals surface area contributed by atoms with Gasteiger partial charge in [0, 0.05) is 5.41 Å². The predicted molar refractivity (Wildman–Crippen MR) is 71.8 cm³/mol. The fraction of sp³-hybridized carbons (Fsp3) is 0.812. The standard InChI is InChI=1S/C16H26O/c1-11-9-13-7-6-8-15(3,4)14(13)10-16(11,5)12(2)17/h11H,6-10H2,1-5H3/t11-,16-/m1/s1. The largest absolute Gasteiger partial charge is 0.299 e. The van der Waals surface area contributed by atoms with Crippen LogP contribution in [0.3, 0.4) is 0 Å². The molecule has 0 unspecified atom stereocenters. The molecule has 1 nitrogen and oxygen atoms in total. The first-order valence-electron chi connectivity index (χ1n) is 7.00. The summed E-state index contributed by atoms with van der Waals surface area (Å²) in [6, 6.07) is 0. The van der Waals surface area contributed by atoms with Crippen molar-refractivity contribution in [2.45, 2.75) is 66.7 Å². The lowest BCUT2D eigenvalue weighted by atomic mass is 9.57. The number of allylic oxidation sites excluding steroid dienone is 2. The summed E-state index contributed by atoms with van der Waals surface area (Å²) in [5, 5.41) is 0. The lowest BCUT2D eigenvalue weighted by molar-refractivity contribution is -0.128. The Balaban J connectivity index is 2.40. The topological polar surface area (TPSA) is 17.1 Å². The average Bonchev–Trinajstić information content (AvgIpc) is 2.21. The fourth-order valence-electron chi connectivity index (χ4n) is 3.72. The third-order valence-electron chi connectivity index (χ3n) is 5.51. The zero-order valence-corrected chi connectivity index (χ0v) is 12.0. The second-order valence-corrected chi connectivity index (χ2v) is 7.08. The highest BCUT2D eigenvalue weighted by Crippen LogP contribution is 2.53. The molecular formula is C16H26O. The first-order valence-corrected chi connectivity index (χ1v) is 7.00. The lowest BCUT2D eigenvalue weighted by Gasteiger charge is -2.47. The smallest absolute Gasteiger partial charge is 0.136 e. The number of hydrogen-bond donors (Lipinski definition) is 0. The second-order valence-electron chi connectivity index (χ2n) is 7.08. The normalized spacial score (nSPS) is 36.6. The van der Waals surface area contributed by atoms with E-state index in [-0.39, 0.29) is 5.41 Å². The van der Waals surface area contributed by atoms with Crippen molar-refractivity contribution in [2.75, 3.05) is 0 Å². The van der Waals surface area contributed by atoms with Gasteiger partial charge in [0.05, 0.1) is 0 Å². The Bertz CT molecular complexity index is 375. The van der Waals surface area contributed by atoms with Crippen molar-refractivity contribution in [1.82, 2.24) is 0 Å². The average molecular weight is 234 g/mol. The monoisotopic (exact) mass is 234 g/mol. The Morgan fingerprint density at radius 1 is 1.29 bits per heavy atom. The van der Waals surface area contributed by atoms with Gasteiger partial charge in [-0.05, 0) is 50.4 Å². The number of hydrogen-bond acceptors (Lipinski definition) is 1. The maximum Gasteiger partial charge on any atom is 0.136 e. The van der Waals surface area contributed by atoms with Crippen molar-refractivity contribution in [1.29, 1.82) is 0 Å². The van der Waals surface area contributed by atoms with Gasteiger partial charge in [0.2, 0.25) is 0 Å². The number of carbonyl (C=O) groups excluding carboxylic acids is 1. The van der Waals surface area contributed by atoms with Gasteiger partial charge in [-0.25, -0.2) is 0 Å². The molecule has 0 saturated heterocycles. The summed E-state index contributed by atoms with van der Waals surface area (Å²) in [5.74, 6) is 0.880.